The van der Waals surface area contributed by atoms with Gasteiger partial charge in [0.05, 0.1) is 7.11 Å². The number of hydrogen-bond donors (Lipinski definition) is 1. The maximum absolute atomic E-state index is 5.34. The Morgan fingerprint density at radius 3 is 2.72 bits per heavy atom. The van der Waals surface area contributed by atoms with Crippen molar-refractivity contribution in [2.45, 2.75) is 26.7 Å². The lowest BCUT2D eigenvalue weighted by atomic mass is 10.0. The molecule has 1 aliphatic carbocycles. The topological polar surface area (TPSA) is 21.3 Å². The highest BCUT2D eigenvalue weighted by Crippen LogP contribution is 2.65. The van der Waals surface area contributed by atoms with Crippen molar-refractivity contribution in [2.75, 3.05) is 20.2 Å². The van der Waals surface area contributed by atoms with Crippen LogP contribution in [0.15, 0.2) is 22.7 Å². The lowest BCUT2D eigenvalue weighted by molar-refractivity contribution is 0.414. The highest BCUT2D eigenvalue weighted by Gasteiger charge is 2.58. The van der Waals surface area contributed by atoms with E-state index in [1.54, 1.807) is 7.11 Å². The standard InChI is InChI=1S/C15H22BrNO/c1-5-17-9-12-14(15(12,2)3)11-8-10(18-4)6-7-13(11)16/h6-8,12,14,17H,5,9H2,1-4H3. The summed E-state index contributed by atoms with van der Waals surface area (Å²) in [6.07, 6.45) is 0. The zero-order chi connectivity index (χ0) is 13.3. The van der Waals surface area contributed by atoms with Crippen molar-refractivity contribution < 1.29 is 4.74 Å². The molecule has 100 valence electrons. The Bertz CT molecular complexity index is 431. The minimum Gasteiger partial charge on any atom is -0.497 e. The lowest BCUT2D eigenvalue weighted by Crippen LogP contribution is -2.17. The number of halogens is 1. The number of ether oxygens (including phenoxy) is 1. The smallest absolute Gasteiger partial charge is 0.119 e. The van der Waals surface area contributed by atoms with Crippen molar-refractivity contribution in [3.8, 4) is 5.75 Å². The fourth-order valence-corrected chi connectivity index (χ4v) is 3.42. The zero-order valence-electron chi connectivity index (χ0n) is 11.6. The van der Waals surface area contributed by atoms with Crippen LogP contribution in [-0.2, 0) is 0 Å². The second-order valence-electron chi connectivity index (χ2n) is 5.60. The molecule has 1 saturated carbocycles. The van der Waals surface area contributed by atoms with E-state index in [0.29, 0.717) is 17.3 Å². The van der Waals surface area contributed by atoms with Crippen molar-refractivity contribution in [1.29, 1.82) is 0 Å². The predicted octanol–water partition coefficient (Wildman–Crippen LogP) is 3.81. The van der Waals surface area contributed by atoms with Crippen molar-refractivity contribution in [2.24, 2.45) is 11.3 Å². The van der Waals surface area contributed by atoms with Gasteiger partial charge in [0.15, 0.2) is 0 Å². The third-order valence-electron chi connectivity index (χ3n) is 4.20. The summed E-state index contributed by atoms with van der Waals surface area (Å²) in [5, 5.41) is 3.47. The minimum absolute atomic E-state index is 0.372. The molecule has 0 aliphatic heterocycles. The minimum atomic E-state index is 0.372. The lowest BCUT2D eigenvalue weighted by Gasteiger charge is -2.08. The van der Waals surface area contributed by atoms with Crippen LogP contribution in [0.25, 0.3) is 0 Å². The van der Waals surface area contributed by atoms with E-state index in [0.717, 1.165) is 18.8 Å². The van der Waals surface area contributed by atoms with Gasteiger partial charge < -0.3 is 10.1 Å². The first-order valence-corrected chi connectivity index (χ1v) is 7.35. The van der Waals surface area contributed by atoms with Crippen LogP contribution in [-0.4, -0.2) is 20.2 Å². The van der Waals surface area contributed by atoms with Gasteiger partial charge in [0.25, 0.3) is 0 Å². The Labute approximate surface area is 118 Å². The van der Waals surface area contributed by atoms with Gasteiger partial charge in [0.2, 0.25) is 0 Å². The number of nitrogens with one attached hydrogen (secondary N) is 1. The molecule has 2 rings (SSSR count). The van der Waals surface area contributed by atoms with E-state index < -0.39 is 0 Å². The zero-order valence-corrected chi connectivity index (χ0v) is 13.2. The van der Waals surface area contributed by atoms with Crippen LogP contribution in [0.2, 0.25) is 0 Å². The fraction of sp³-hybridized carbons (Fsp3) is 0.600. The SMILES string of the molecule is CCNCC1C(c2cc(OC)ccc2Br)C1(C)C. The van der Waals surface area contributed by atoms with E-state index in [-0.39, 0.29) is 0 Å². The molecule has 0 amide bonds. The molecule has 1 aliphatic rings. The first-order valence-electron chi connectivity index (χ1n) is 6.56. The summed E-state index contributed by atoms with van der Waals surface area (Å²) in [5.41, 5.74) is 1.75. The van der Waals surface area contributed by atoms with Gasteiger partial charge in [-0.3, -0.25) is 0 Å². The molecule has 2 atom stereocenters. The first-order chi connectivity index (χ1) is 8.52. The number of methoxy groups -OCH3 is 1. The van der Waals surface area contributed by atoms with E-state index >= 15 is 0 Å². The van der Waals surface area contributed by atoms with Gasteiger partial charge in [0.1, 0.15) is 5.75 Å². The van der Waals surface area contributed by atoms with Crippen LogP contribution in [0.1, 0.15) is 32.3 Å². The Morgan fingerprint density at radius 1 is 1.39 bits per heavy atom. The molecule has 0 radical (unpaired) electrons. The van der Waals surface area contributed by atoms with Crippen molar-refractivity contribution in [3.05, 3.63) is 28.2 Å². The monoisotopic (exact) mass is 311 g/mol. The van der Waals surface area contributed by atoms with Crippen molar-refractivity contribution in [3.63, 3.8) is 0 Å². The average molecular weight is 312 g/mol. The summed E-state index contributed by atoms with van der Waals surface area (Å²) in [6, 6.07) is 6.26. The highest BCUT2D eigenvalue weighted by atomic mass is 79.9. The van der Waals surface area contributed by atoms with Crippen LogP contribution in [0, 0.1) is 11.3 Å². The van der Waals surface area contributed by atoms with E-state index in [1.165, 1.54) is 10.0 Å². The highest BCUT2D eigenvalue weighted by molar-refractivity contribution is 9.10. The fourth-order valence-electron chi connectivity index (χ4n) is 2.93. The van der Waals surface area contributed by atoms with E-state index in [1.807, 2.05) is 6.07 Å². The molecule has 2 unspecified atom stereocenters. The first kappa shape index (κ1) is 13.9. The summed E-state index contributed by atoms with van der Waals surface area (Å²) in [6.45, 7) is 9.00. The van der Waals surface area contributed by atoms with Crippen molar-refractivity contribution >= 4 is 15.9 Å². The van der Waals surface area contributed by atoms with E-state index in [9.17, 15) is 0 Å². The van der Waals surface area contributed by atoms with Crippen LogP contribution < -0.4 is 10.1 Å². The van der Waals surface area contributed by atoms with Gasteiger partial charge in [0, 0.05) is 4.47 Å². The van der Waals surface area contributed by atoms with Gasteiger partial charge in [-0.15, -0.1) is 0 Å². The molecule has 0 spiro atoms. The maximum atomic E-state index is 5.34. The average Bonchev–Trinajstić information content (AvgIpc) is 2.89. The molecule has 1 aromatic carbocycles. The summed E-state index contributed by atoms with van der Waals surface area (Å²) in [7, 11) is 1.72. The van der Waals surface area contributed by atoms with Gasteiger partial charge >= 0.3 is 0 Å². The molecule has 0 saturated heterocycles. The Morgan fingerprint density at radius 2 is 2.11 bits per heavy atom. The normalized spacial score (nSPS) is 24.9. The van der Waals surface area contributed by atoms with Crippen LogP contribution >= 0.6 is 15.9 Å². The molecule has 0 aromatic heterocycles. The molecule has 1 fully saturated rings. The number of hydrogen-bond acceptors (Lipinski definition) is 2. The largest absolute Gasteiger partial charge is 0.497 e. The summed E-state index contributed by atoms with van der Waals surface area (Å²) in [4.78, 5) is 0. The Kier molecular flexibility index (Phi) is 4.02. The van der Waals surface area contributed by atoms with Crippen LogP contribution in [0.4, 0.5) is 0 Å². The molecule has 18 heavy (non-hydrogen) atoms. The second-order valence-corrected chi connectivity index (χ2v) is 6.45. The Hall–Kier alpha value is -0.540. The molecule has 3 heteroatoms. The summed E-state index contributed by atoms with van der Waals surface area (Å²) >= 11 is 3.67. The quantitative estimate of drug-likeness (QED) is 0.893. The van der Waals surface area contributed by atoms with Crippen molar-refractivity contribution in [1.82, 2.24) is 5.32 Å². The van der Waals surface area contributed by atoms with Gasteiger partial charge in [-0.1, -0.05) is 36.7 Å². The number of rotatable bonds is 5. The Balaban J connectivity index is 2.21. The summed E-state index contributed by atoms with van der Waals surface area (Å²) in [5.74, 6) is 2.26. The van der Waals surface area contributed by atoms with E-state index in [4.69, 9.17) is 4.74 Å². The maximum Gasteiger partial charge on any atom is 0.119 e. The third kappa shape index (κ3) is 2.43. The van der Waals surface area contributed by atoms with Crippen LogP contribution in [0.3, 0.4) is 0 Å². The summed E-state index contributed by atoms with van der Waals surface area (Å²) < 4.78 is 6.53. The van der Waals surface area contributed by atoms with Gasteiger partial charge in [-0.25, -0.2) is 0 Å². The van der Waals surface area contributed by atoms with Crippen LogP contribution in [0.5, 0.6) is 5.75 Å². The molecule has 1 aromatic rings. The predicted molar refractivity (Wildman–Crippen MR) is 79.2 cm³/mol. The van der Waals surface area contributed by atoms with Gasteiger partial charge in [-0.2, -0.15) is 0 Å². The second kappa shape index (κ2) is 5.22. The number of benzene rings is 1. The molecule has 2 nitrogen and oxygen atoms in total. The molecule has 0 heterocycles. The van der Waals surface area contributed by atoms with E-state index in [2.05, 4.69) is 54.2 Å². The molecule has 0 bridgehead atoms. The molecular weight excluding hydrogens is 290 g/mol. The van der Waals surface area contributed by atoms with Gasteiger partial charge in [-0.05, 0) is 54.1 Å². The molecule has 1 N–H and O–H groups in total. The third-order valence-corrected chi connectivity index (χ3v) is 4.93. The molecular formula is C15H22BrNO.